The molecule has 230 valence electrons. The molecule has 0 aromatic heterocycles. The first-order chi connectivity index (χ1) is 23.6. The van der Waals surface area contributed by atoms with Gasteiger partial charge in [-0.3, -0.25) is 0 Å². The first kappa shape index (κ1) is 29.3. The molecule has 48 heavy (non-hydrogen) atoms. The van der Waals surface area contributed by atoms with Crippen LogP contribution in [-0.2, 0) is 0 Å². The molecule has 0 aliphatic carbocycles. The maximum absolute atomic E-state index is 2.37. The van der Waals surface area contributed by atoms with E-state index in [1.807, 2.05) is 0 Å². The number of hydrogen-bond donors (Lipinski definition) is 0. The molecule has 0 saturated carbocycles. The largest absolute Gasteiger partial charge is 0.310 e. The van der Waals surface area contributed by atoms with Gasteiger partial charge in [-0.25, -0.2) is 0 Å². The first-order valence-corrected chi connectivity index (χ1v) is 16.5. The van der Waals surface area contributed by atoms with E-state index >= 15 is 0 Å². The number of hydrogen-bond acceptors (Lipinski definition) is 2. The van der Waals surface area contributed by atoms with Gasteiger partial charge in [0.1, 0.15) is 0 Å². The summed E-state index contributed by atoms with van der Waals surface area (Å²) in [6, 6.07) is 65.7. The van der Waals surface area contributed by atoms with Crippen LogP contribution >= 0.6 is 0 Å². The minimum Gasteiger partial charge on any atom is -0.310 e. The molecule has 2 nitrogen and oxygen atoms in total. The fourth-order valence-corrected chi connectivity index (χ4v) is 6.73. The summed E-state index contributed by atoms with van der Waals surface area (Å²) in [7, 11) is 0. The van der Waals surface area contributed by atoms with Crippen LogP contribution in [0.5, 0.6) is 0 Å². The summed E-state index contributed by atoms with van der Waals surface area (Å²) in [5.41, 5.74) is 11.7. The van der Waals surface area contributed by atoms with Crippen LogP contribution in [0.15, 0.2) is 182 Å². The molecule has 2 heteroatoms. The summed E-state index contributed by atoms with van der Waals surface area (Å²) in [6.07, 6.45) is 0. The molecule has 0 amide bonds. The zero-order valence-electron chi connectivity index (χ0n) is 27.2. The molecule has 8 rings (SSSR count). The van der Waals surface area contributed by atoms with E-state index in [0.717, 1.165) is 22.7 Å². The van der Waals surface area contributed by atoms with E-state index in [2.05, 4.69) is 206 Å². The monoisotopic (exact) mass is 616 g/mol. The molecule has 0 bridgehead atoms. The molecule has 0 unspecified atom stereocenters. The van der Waals surface area contributed by atoms with Crippen molar-refractivity contribution in [2.45, 2.75) is 13.8 Å². The van der Waals surface area contributed by atoms with Gasteiger partial charge in [0.25, 0.3) is 0 Å². The van der Waals surface area contributed by atoms with Gasteiger partial charge in [0, 0.05) is 33.5 Å². The van der Waals surface area contributed by atoms with Crippen LogP contribution in [0.1, 0.15) is 11.1 Å². The van der Waals surface area contributed by atoms with Crippen LogP contribution in [0.25, 0.3) is 32.7 Å². The van der Waals surface area contributed by atoms with Crippen molar-refractivity contribution in [3.63, 3.8) is 0 Å². The van der Waals surface area contributed by atoms with Gasteiger partial charge in [-0.15, -0.1) is 0 Å². The third-order valence-corrected chi connectivity index (χ3v) is 9.15. The predicted octanol–water partition coefficient (Wildman–Crippen LogP) is 13.2. The van der Waals surface area contributed by atoms with Crippen LogP contribution < -0.4 is 9.80 Å². The van der Waals surface area contributed by atoms with Gasteiger partial charge >= 0.3 is 0 Å². The topological polar surface area (TPSA) is 6.48 Å². The van der Waals surface area contributed by atoms with E-state index in [9.17, 15) is 0 Å². The molecule has 0 aliphatic rings. The van der Waals surface area contributed by atoms with Gasteiger partial charge in [-0.05, 0) is 102 Å². The lowest BCUT2D eigenvalue weighted by Gasteiger charge is -2.28. The maximum Gasteiger partial charge on any atom is 0.0540 e. The highest BCUT2D eigenvalue weighted by atomic mass is 15.1. The summed E-state index contributed by atoms with van der Waals surface area (Å²) in [5.74, 6) is 0. The Morgan fingerprint density at radius 3 is 1.23 bits per heavy atom. The lowest BCUT2D eigenvalue weighted by atomic mass is 10.0. The van der Waals surface area contributed by atoms with E-state index in [0.29, 0.717) is 0 Å². The number of aryl methyl sites for hydroxylation is 2. The van der Waals surface area contributed by atoms with Crippen molar-refractivity contribution in [2.24, 2.45) is 0 Å². The lowest BCUT2D eigenvalue weighted by Crippen LogP contribution is -2.10. The summed E-state index contributed by atoms with van der Waals surface area (Å²) in [5, 5.41) is 4.91. The van der Waals surface area contributed by atoms with Crippen LogP contribution in [-0.4, -0.2) is 0 Å². The van der Waals surface area contributed by atoms with Crippen LogP contribution in [0.2, 0.25) is 0 Å². The van der Waals surface area contributed by atoms with Gasteiger partial charge < -0.3 is 9.80 Å². The SMILES string of the molecule is Cc1ccc(N(c2ccc(-c3ccc(N(c4cccc(C)c4)c4cccc5ccccc45)cc3)cc2)c2cccc3ccccc23)cc1. The Morgan fingerprint density at radius 1 is 0.312 bits per heavy atom. The highest BCUT2D eigenvalue weighted by Gasteiger charge is 2.17. The number of fused-ring (bicyclic) bond motifs is 2. The molecule has 0 radical (unpaired) electrons. The minimum atomic E-state index is 1.12. The van der Waals surface area contributed by atoms with Crippen molar-refractivity contribution in [2.75, 3.05) is 9.80 Å². The van der Waals surface area contributed by atoms with E-state index in [4.69, 9.17) is 0 Å². The Labute approximate surface area is 282 Å². The van der Waals surface area contributed by atoms with Crippen molar-refractivity contribution in [3.8, 4) is 11.1 Å². The Bertz CT molecular complexity index is 2340. The normalized spacial score (nSPS) is 11.1. The molecular weight excluding hydrogens is 581 g/mol. The Kier molecular flexibility index (Phi) is 7.68. The van der Waals surface area contributed by atoms with Gasteiger partial charge in [0.15, 0.2) is 0 Å². The summed E-state index contributed by atoms with van der Waals surface area (Å²) >= 11 is 0. The lowest BCUT2D eigenvalue weighted by molar-refractivity contribution is 1.28. The van der Waals surface area contributed by atoms with Crippen LogP contribution in [0.3, 0.4) is 0 Å². The van der Waals surface area contributed by atoms with Crippen molar-refractivity contribution in [1.29, 1.82) is 0 Å². The number of nitrogens with zero attached hydrogens (tertiary/aromatic N) is 2. The summed E-state index contributed by atoms with van der Waals surface area (Å²) in [6.45, 7) is 4.28. The van der Waals surface area contributed by atoms with Gasteiger partial charge in [-0.2, -0.15) is 0 Å². The second-order valence-corrected chi connectivity index (χ2v) is 12.4. The van der Waals surface area contributed by atoms with Crippen molar-refractivity contribution >= 4 is 55.7 Å². The third kappa shape index (κ3) is 5.59. The average Bonchev–Trinajstić information content (AvgIpc) is 3.14. The number of rotatable bonds is 7. The third-order valence-electron chi connectivity index (χ3n) is 9.15. The van der Waals surface area contributed by atoms with Crippen LogP contribution in [0.4, 0.5) is 34.1 Å². The molecule has 8 aromatic rings. The molecule has 0 saturated heterocycles. The zero-order valence-corrected chi connectivity index (χ0v) is 27.2. The Hall–Kier alpha value is -6.12. The van der Waals surface area contributed by atoms with E-state index in [-0.39, 0.29) is 0 Å². The summed E-state index contributed by atoms with van der Waals surface area (Å²) in [4.78, 5) is 4.73. The quantitative estimate of drug-likeness (QED) is 0.176. The predicted molar refractivity (Wildman–Crippen MR) is 206 cm³/mol. The molecule has 0 heterocycles. The highest BCUT2D eigenvalue weighted by molar-refractivity contribution is 6.00. The minimum absolute atomic E-state index is 1.12. The number of anilines is 6. The maximum atomic E-state index is 2.37. The smallest absolute Gasteiger partial charge is 0.0540 e. The molecule has 0 N–H and O–H groups in total. The van der Waals surface area contributed by atoms with Crippen molar-refractivity contribution in [1.82, 2.24) is 0 Å². The number of benzene rings is 8. The van der Waals surface area contributed by atoms with Crippen molar-refractivity contribution < 1.29 is 0 Å². The van der Waals surface area contributed by atoms with E-state index in [1.165, 1.54) is 55.2 Å². The van der Waals surface area contributed by atoms with Gasteiger partial charge in [0.2, 0.25) is 0 Å². The Morgan fingerprint density at radius 2 is 0.729 bits per heavy atom. The Balaban J connectivity index is 1.17. The molecule has 0 aliphatic heterocycles. The zero-order chi connectivity index (χ0) is 32.5. The molecule has 0 spiro atoms. The highest BCUT2D eigenvalue weighted by Crippen LogP contribution is 2.41. The van der Waals surface area contributed by atoms with E-state index in [1.54, 1.807) is 0 Å². The molecule has 8 aromatic carbocycles. The van der Waals surface area contributed by atoms with Gasteiger partial charge in [-0.1, -0.05) is 127 Å². The van der Waals surface area contributed by atoms with Crippen LogP contribution in [0, 0.1) is 13.8 Å². The van der Waals surface area contributed by atoms with Crippen molar-refractivity contribution in [3.05, 3.63) is 193 Å². The fourth-order valence-electron chi connectivity index (χ4n) is 6.73. The second kappa shape index (κ2) is 12.6. The van der Waals surface area contributed by atoms with E-state index < -0.39 is 0 Å². The molecule has 0 fully saturated rings. The molecule has 0 atom stereocenters. The average molecular weight is 617 g/mol. The fraction of sp³-hybridized carbons (Fsp3) is 0.0435. The summed E-state index contributed by atoms with van der Waals surface area (Å²) < 4.78 is 0. The standard InChI is InChI=1S/C46H36N2/c1-33-20-26-39(27-21-33)47(45-18-8-13-37-11-3-5-16-43(37)45)40-28-22-35(23-29-40)36-24-30-41(31-25-36)48(42-15-7-10-34(2)32-42)46-19-9-14-38-12-4-6-17-44(38)46/h3-32H,1-2H3. The second-order valence-electron chi connectivity index (χ2n) is 12.4. The molecular formula is C46H36N2. The first-order valence-electron chi connectivity index (χ1n) is 16.5. The van der Waals surface area contributed by atoms with Gasteiger partial charge in [0.05, 0.1) is 11.4 Å².